The molecular formula is C2H2N2O. The molecule has 3 nitrogen and oxygen atoms in total. The summed E-state index contributed by atoms with van der Waals surface area (Å²) in [6.07, 6.45) is 0.380. The second-order valence-electron chi connectivity index (χ2n) is 1.15. The highest BCUT2D eigenvalue weighted by molar-refractivity contribution is 4.85. The van der Waals surface area contributed by atoms with Crippen LogP contribution < -0.4 is 0 Å². The lowest BCUT2D eigenvalue weighted by Gasteiger charge is -1.82. The van der Waals surface area contributed by atoms with Gasteiger partial charge in [0.05, 0.1) is 0 Å². The van der Waals surface area contributed by atoms with Crippen LogP contribution in [-0.2, 0) is 4.74 Å². The van der Waals surface area contributed by atoms with Gasteiger partial charge in [0.15, 0.2) is 0 Å². The third-order valence-electron chi connectivity index (χ3n) is 0.740. The first-order chi connectivity index (χ1) is 2.47. The van der Waals surface area contributed by atoms with Gasteiger partial charge in [0, 0.05) is 0 Å². The lowest BCUT2D eigenvalue weighted by atomic mass is 10.6. The summed E-state index contributed by atoms with van der Waals surface area (Å²) in [5, 5.41) is 7.09. The van der Waals surface area contributed by atoms with Crippen molar-refractivity contribution in [3.05, 3.63) is 0 Å². The van der Waals surface area contributed by atoms with Gasteiger partial charge in [0.2, 0.25) is 12.5 Å². The zero-order chi connectivity index (χ0) is 3.28. The van der Waals surface area contributed by atoms with Crippen LogP contribution in [0.25, 0.3) is 0 Å². The monoisotopic (exact) mass is 70.0 g/mol. The first kappa shape index (κ1) is 1.87. The van der Waals surface area contributed by atoms with Crippen molar-refractivity contribution < 1.29 is 4.74 Å². The Morgan fingerprint density at radius 1 is 1.20 bits per heavy atom. The van der Waals surface area contributed by atoms with Crippen molar-refractivity contribution >= 4 is 0 Å². The molecule has 5 heavy (non-hydrogen) atoms. The van der Waals surface area contributed by atoms with Crippen molar-refractivity contribution in [3.63, 3.8) is 0 Å². The van der Waals surface area contributed by atoms with E-state index in [-0.39, 0.29) is 12.5 Å². The Morgan fingerprint density at radius 3 is 1.80 bits per heavy atom. The normalized spacial score (nSPS) is 54.4. The van der Waals surface area contributed by atoms with Gasteiger partial charge < -0.3 is 4.74 Å². The molecule has 0 N–H and O–H groups in total. The number of fused-ring (bicyclic) bond motifs is 1. The average molecular weight is 70.1 g/mol. The van der Waals surface area contributed by atoms with Crippen LogP contribution in [0, 0.1) is 0 Å². The molecule has 0 aliphatic carbocycles. The molecule has 2 aliphatic heterocycles. The van der Waals surface area contributed by atoms with Crippen molar-refractivity contribution in [3.8, 4) is 0 Å². The van der Waals surface area contributed by atoms with E-state index in [0.717, 1.165) is 0 Å². The number of epoxide rings is 1. The van der Waals surface area contributed by atoms with Crippen LogP contribution in [0.3, 0.4) is 0 Å². The molecule has 2 rings (SSSR count). The molecule has 1 saturated heterocycles. The zero-order valence-corrected chi connectivity index (χ0v) is 2.46. The second kappa shape index (κ2) is 0.318. The predicted molar refractivity (Wildman–Crippen MR) is 13.5 cm³/mol. The molecule has 2 unspecified atom stereocenters. The average Bonchev–Trinajstić information content (AvgIpc) is 1.74. The van der Waals surface area contributed by atoms with Gasteiger partial charge in [-0.2, -0.15) is 10.2 Å². The summed E-state index contributed by atoms with van der Waals surface area (Å²) in [4.78, 5) is 0. The standard InChI is InChI=1S/C2H2N2O/c3-1-2(4-3)5-1/h1-2H. The number of hydrogen-bond donors (Lipinski definition) is 0. The molecular weight excluding hydrogens is 68.0 g/mol. The molecule has 2 atom stereocenters. The van der Waals surface area contributed by atoms with Crippen LogP contribution in [0.15, 0.2) is 10.2 Å². The molecule has 0 amide bonds. The molecule has 0 spiro atoms. The molecule has 26 valence electrons. The Kier molecular flexibility index (Phi) is 0.119. The van der Waals surface area contributed by atoms with Crippen LogP contribution in [-0.4, -0.2) is 12.5 Å². The van der Waals surface area contributed by atoms with Crippen molar-refractivity contribution in [2.45, 2.75) is 12.5 Å². The largest absolute Gasteiger partial charge is 0.318 e. The van der Waals surface area contributed by atoms with Crippen molar-refractivity contribution in [2.24, 2.45) is 10.2 Å². The summed E-state index contributed by atoms with van der Waals surface area (Å²) in [5.41, 5.74) is 0. The van der Waals surface area contributed by atoms with E-state index in [9.17, 15) is 0 Å². The van der Waals surface area contributed by atoms with E-state index in [1.807, 2.05) is 0 Å². The van der Waals surface area contributed by atoms with Gasteiger partial charge in [-0.05, 0) is 0 Å². The summed E-state index contributed by atoms with van der Waals surface area (Å²) in [5.74, 6) is 0. The van der Waals surface area contributed by atoms with Crippen molar-refractivity contribution in [1.29, 1.82) is 0 Å². The van der Waals surface area contributed by atoms with Crippen LogP contribution >= 0.6 is 0 Å². The molecule has 0 aromatic rings. The summed E-state index contributed by atoms with van der Waals surface area (Å²) in [6, 6.07) is 0. The van der Waals surface area contributed by atoms with Gasteiger partial charge in [-0.25, -0.2) is 0 Å². The molecule has 0 aromatic heterocycles. The number of nitrogens with zero attached hydrogens (tertiary/aromatic N) is 2. The Hall–Kier alpha value is -0.440. The predicted octanol–water partition coefficient (Wildman–Crippen LogP) is 0.135. The molecule has 2 heterocycles. The highest BCUT2D eigenvalue weighted by Crippen LogP contribution is 2.33. The number of rotatable bonds is 0. The van der Waals surface area contributed by atoms with Crippen LogP contribution in [0.2, 0.25) is 0 Å². The molecule has 3 heteroatoms. The van der Waals surface area contributed by atoms with Crippen LogP contribution in [0.1, 0.15) is 0 Å². The first-order valence-corrected chi connectivity index (χ1v) is 1.52. The number of ether oxygens (including phenoxy) is 1. The van der Waals surface area contributed by atoms with Crippen molar-refractivity contribution in [1.82, 2.24) is 0 Å². The summed E-state index contributed by atoms with van der Waals surface area (Å²) < 4.78 is 4.69. The minimum Gasteiger partial charge on any atom is -0.318 e. The van der Waals surface area contributed by atoms with Gasteiger partial charge in [-0.3, -0.25) is 0 Å². The Labute approximate surface area is 28.7 Å². The van der Waals surface area contributed by atoms with Crippen molar-refractivity contribution in [2.75, 3.05) is 0 Å². The highest BCUT2D eigenvalue weighted by Gasteiger charge is 2.46. The summed E-state index contributed by atoms with van der Waals surface area (Å²) in [6.45, 7) is 0. The van der Waals surface area contributed by atoms with Gasteiger partial charge in [0.25, 0.3) is 0 Å². The zero-order valence-electron chi connectivity index (χ0n) is 2.46. The fourth-order valence-electron chi connectivity index (χ4n) is 0.327. The fourth-order valence-corrected chi connectivity index (χ4v) is 0.327. The molecule has 0 bridgehead atoms. The highest BCUT2D eigenvalue weighted by atomic mass is 16.6. The molecule has 0 radical (unpaired) electrons. The molecule has 0 aromatic carbocycles. The SMILES string of the molecule is N1=NC2OC12. The van der Waals surface area contributed by atoms with Gasteiger partial charge >= 0.3 is 0 Å². The van der Waals surface area contributed by atoms with Crippen LogP contribution in [0.4, 0.5) is 0 Å². The van der Waals surface area contributed by atoms with E-state index in [1.165, 1.54) is 0 Å². The Bertz CT molecular complexity index is 79.6. The third-order valence-corrected chi connectivity index (χ3v) is 0.740. The number of hydrogen-bond acceptors (Lipinski definition) is 3. The van der Waals surface area contributed by atoms with E-state index >= 15 is 0 Å². The van der Waals surface area contributed by atoms with Gasteiger partial charge in [0.1, 0.15) is 0 Å². The Morgan fingerprint density at radius 2 is 1.80 bits per heavy atom. The maximum absolute atomic E-state index is 4.69. The molecule has 1 fully saturated rings. The first-order valence-electron chi connectivity index (χ1n) is 1.52. The van der Waals surface area contributed by atoms with E-state index < -0.39 is 0 Å². The van der Waals surface area contributed by atoms with E-state index in [2.05, 4.69) is 10.2 Å². The van der Waals surface area contributed by atoms with Crippen LogP contribution in [0.5, 0.6) is 0 Å². The lowest BCUT2D eigenvalue weighted by molar-refractivity contribution is 0.409. The molecule has 0 saturated carbocycles. The fraction of sp³-hybridized carbons (Fsp3) is 1.00. The number of azo groups is 1. The quantitative estimate of drug-likeness (QED) is 0.373. The lowest BCUT2D eigenvalue weighted by Crippen LogP contribution is -1.92. The molecule has 2 aliphatic rings. The maximum Gasteiger partial charge on any atom is 0.219 e. The minimum atomic E-state index is 0.190. The van der Waals surface area contributed by atoms with Gasteiger partial charge in [-0.1, -0.05) is 0 Å². The minimum absolute atomic E-state index is 0.190. The van der Waals surface area contributed by atoms with E-state index in [1.54, 1.807) is 0 Å². The van der Waals surface area contributed by atoms with E-state index in [0.29, 0.717) is 0 Å². The third kappa shape index (κ3) is 0.0777. The van der Waals surface area contributed by atoms with Gasteiger partial charge in [-0.15, -0.1) is 0 Å². The summed E-state index contributed by atoms with van der Waals surface area (Å²) >= 11 is 0. The topological polar surface area (TPSA) is 37.2 Å². The van der Waals surface area contributed by atoms with E-state index in [4.69, 9.17) is 4.74 Å². The Balaban J connectivity index is 2.46. The smallest absolute Gasteiger partial charge is 0.219 e. The maximum atomic E-state index is 4.69. The second-order valence-corrected chi connectivity index (χ2v) is 1.15. The summed E-state index contributed by atoms with van der Waals surface area (Å²) in [7, 11) is 0.